The SMILES string of the molecule is C1CCNC1.C1CCNCC1.C1CCOCC1.C1CN2CCOCC2CN1.C1CNC1.C1COCCN1.CC(=O)N1CCNCC1.CC1CCCO1.CN1CCNCC1.COC1CCNCC1.COCCN1CCNCC1.CS(=O)(=O)CCN1CCNCC1.FC1CCNC1.O=S1(=O)CCNCC1.OC1CCNC1. The lowest BCUT2D eigenvalue weighted by atomic mass is 10.1. The lowest BCUT2D eigenvalue weighted by Crippen LogP contribution is -2.56. The lowest BCUT2D eigenvalue weighted by molar-refractivity contribution is -0.129. The van der Waals surface area contributed by atoms with Crippen LogP contribution in [0.1, 0.15) is 110 Å². The van der Waals surface area contributed by atoms with E-state index in [4.69, 9.17) is 33.5 Å². The number of piperazine rings is 5. The average Bonchev–Trinajstić information content (AvgIpc) is 1.05. The van der Waals surface area contributed by atoms with Crippen LogP contribution < -0.4 is 69.1 Å². The first-order valence-corrected chi connectivity index (χ1v) is 46.3. The van der Waals surface area contributed by atoms with Gasteiger partial charge in [0.05, 0.1) is 68.6 Å². The van der Waals surface area contributed by atoms with E-state index in [1.54, 1.807) is 21.1 Å². The highest BCUT2D eigenvalue weighted by Gasteiger charge is 2.25. The maximum absolute atomic E-state index is 11.9. The smallest absolute Gasteiger partial charge is 0.219 e. The van der Waals surface area contributed by atoms with E-state index < -0.39 is 25.8 Å². The monoisotopic (exact) mass is 1610 g/mol. The minimum Gasteiger partial charge on any atom is -0.392 e. The number of carbonyl (C=O) groups is 1. The Labute approximate surface area is 662 Å². The molecular weight excluding hydrogens is 1440 g/mol. The molecule has 16 aliphatic rings. The number of carbonyl (C=O) groups excluding carboxylic acids is 1. The van der Waals surface area contributed by atoms with Crippen LogP contribution in [0.15, 0.2) is 0 Å². The standard InChI is InChI=1S/C7H16N2O2S.C7H14N2O.C7H16N2O.C6H12N2O.C6H13NO.C5H12N2.C5H11N.2C5H10O.C4H8FN.C4H9NO2S.2C4H9NO.C4H9N.C3H7N/c1-12(10,11)7-6-9-4-2-8-3-5-9;1-2-9-3-4-10-6-7(9)5-8-1;1-10-7-6-9-4-2-8-3-5-9;1-6(9)8-4-2-7-3-5-8;1-8-6-2-4-7-5-3-6;1-7-4-2-6-3-5-7;1-2-4-6-5-3-1;1-5-3-2-4-6-5;1-2-4-6-5-3-1;5-4-1-2-6-3-4;6-8(7)3-1-5-2-4-8;1-3-6-4-2-5-1;6-4-1-2-5-3-4;1-2-4-5-3-1;1-2-4-3-1/h8H,2-7H2,1H3;7-8H,1-6H2;8H,2-7H2,1H3;7H,2-5H2,1H3;6-7H,2-5H2,1H3;6H,2-5H2,1H3;6H,1-5H2;5H,2-4H2,1H3;1-5H2;4,6H,1-3H2;5H,1-4H2;5H,1-4H2;4-6H,1-3H2;5H,1-4H2;4H,1-3H2. The van der Waals surface area contributed by atoms with E-state index in [9.17, 15) is 26.0 Å². The number of nitrogens with zero attached hydrogens (tertiary/aromatic N) is 5. The molecule has 33 heteroatoms. The van der Waals surface area contributed by atoms with Crippen molar-refractivity contribution in [2.45, 2.75) is 141 Å². The summed E-state index contributed by atoms with van der Waals surface area (Å²) in [6, 6.07) is 0.655. The second-order valence-electron chi connectivity index (χ2n) is 29.6. The predicted octanol–water partition coefficient (Wildman–Crippen LogP) is -1.14. The minimum atomic E-state index is -2.79. The van der Waals surface area contributed by atoms with Crippen LogP contribution in [-0.2, 0) is 52.9 Å². The highest BCUT2D eigenvalue weighted by atomic mass is 32.2. The van der Waals surface area contributed by atoms with Crippen LogP contribution in [0.4, 0.5) is 4.39 Å². The van der Waals surface area contributed by atoms with Crippen LogP contribution >= 0.6 is 0 Å². The molecule has 650 valence electrons. The van der Waals surface area contributed by atoms with Gasteiger partial charge >= 0.3 is 0 Å². The summed E-state index contributed by atoms with van der Waals surface area (Å²) >= 11 is 0. The highest BCUT2D eigenvalue weighted by Crippen LogP contribution is 2.10. The molecule has 0 radical (unpaired) electrons. The van der Waals surface area contributed by atoms with Gasteiger partial charge < -0.3 is 112 Å². The van der Waals surface area contributed by atoms with Crippen molar-refractivity contribution < 1.29 is 59.5 Å². The third-order valence-corrected chi connectivity index (χ3v) is 22.4. The topological polar surface area (TPSA) is 334 Å². The van der Waals surface area contributed by atoms with Gasteiger partial charge in [-0.15, -0.1) is 0 Å². The second-order valence-corrected chi connectivity index (χ2v) is 34.2. The number of aliphatic hydroxyl groups is 1. The number of hydrogen-bond donors (Lipinski definition) is 14. The van der Waals surface area contributed by atoms with Crippen LogP contribution in [0.3, 0.4) is 0 Å². The van der Waals surface area contributed by atoms with Crippen molar-refractivity contribution in [2.24, 2.45) is 0 Å². The van der Waals surface area contributed by atoms with E-state index in [-0.39, 0.29) is 17.8 Å². The first-order valence-electron chi connectivity index (χ1n) is 42.4. The van der Waals surface area contributed by atoms with Gasteiger partial charge in [0.25, 0.3) is 0 Å². The third kappa shape index (κ3) is 68.1. The number of morpholine rings is 2. The van der Waals surface area contributed by atoms with Crippen LogP contribution in [0.5, 0.6) is 0 Å². The van der Waals surface area contributed by atoms with Gasteiger partial charge in [0.2, 0.25) is 5.91 Å². The molecule has 14 N–H and O–H groups in total. The molecule has 0 aliphatic carbocycles. The Kier molecular flexibility index (Phi) is 70.1. The summed E-state index contributed by atoms with van der Waals surface area (Å²) in [4.78, 5) is 22.0. The number of ether oxygens (including phenoxy) is 6. The van der Waals surface area contributed by atoms with E-state index in [1.165, 1.54) is 162 Å². The summed E-state index contributed by atoms with van der Waals surface area (Å²) < 4.78 is 85.5. The van der Waals surface area contributed by atoms with Gasteiger partial charge in [-0.1, -0.05) is 6.42 Å². The van der Waals surface area contributed by atoms with Gasteiger partial charge in [-0.3, -0.25) is 19.5 Å². The second kappa shape index (κ2) is 73.9. The van der Waals surface area contributed by atoms with E-state index >= 15 is 0 Å². The molecule has 4 unspecified atom stereocenters. The van der Waals surface area contributed by atoms with Crippen LogP contribution in [0, 0.1) is 0 Å². The largest absolute Gasteiger partial charge is 0.392 e. The molecule has 16 aliphatic heterocycles. The molecule has 1 amide bonds. The maximum Gasteiger partial charge on any atom is 0.219 e. The lowest BCUT2D eigenvalue weighted by Gasteiger charge is -2.39. The normalized spacial score (nSPS) is 26.2. The van der Waals surface area contributed by atoms with Crippen molar-refractivity contribution in [3.05, 3.63) is 0 Å². The molecule has 30 nitrogen and oxygen atoms in total. The Morgan fingerprint density at radius 1 is 0.477 bits per heavy atom. The van der Waals surface area contributed by atoms with Gasteiger partial charge in [-0.05, 0) is 169 Å². The summed E-state index contributed by atoms with van der Waals surface area (Å²) in [6.07, 6.45) is 20.6. The molecule has 16 rings (SSSR count). The molecule has 16 saturated heterocycles. The Hall–Kier alpha value is -1.66. The molecule has 16 heterocycles. The third-order valence-electron chi connectivity index (χ3n) is 19.8. The zero-order valence-electron chi connectivity index (χ0n) is 69.5. The Bertz CT molecular complexity index is 2020. The predicted molar refractivity (Wildman–Crippen MR) is 444 cm³/mol. The Morgan fingerprint density at radius 2 is 0.936 bits per heavy atom. The summed E-state index contributed by atoms with van der Waals surface area (Å²) in [5.74, 6) is 1.10. The molecule has 0 aromatic rings. The van der Waals surface area contributed by atoms with Gasteiger partial charge in [-0.2, -0.15) is 0 Å². The Balaban J connectivity index is 0.000000399. The van der Waals surface area contributed by atoms with Crippen molar-refractivity contribution in [2.75, 3.05) is 346 Å². The van der Waals surface area contributed by atoms with Crippen LogP contribution in [0.2, 0.25) is 0 Å². The molecule has 0 saturated carbocycles. The number of sulfone groups is 2. The van der Waals surface area contributed by atoms with Gasteiger partial charge in [0, 0.05) is 237 Å². The number of piperidine rings is 2. The number of alkyl halides is 1. The molecule has 0 bridgehead atoms. The molecule has 16 fully saturated rings. The van der Waals surface area contributed by atoms with Gasteiger partial charge in [-0.25, -0.2) is 21.2 Å². The average molecular weight is 1610 g/mol. The van der Waals surface area contributed by atoms with Gasteiger partial charge in [0.15, 0.2) is 9.84 Å². The summed E-state index contributed by atoms with van der Waals surface area (Å²) in [5.41, 5.74) is 0. The molecule has 0 aromatic carbocycles. The summed E-state index contributed by atoms with van der Waals surface area (Å²) in [7, 11) is 0.263. The first-order chi connectivity index (χ1) is 53.0. The summed E-state index contributed by atoms with van der Waals surface area (Å²) in [5, 5.41) is 49.9. The van der Waals surface area contributed by atoms with E-state index in [2.05, 4.69) is 103 Å². The number of nitrogens with one attached hydrogen (secondary N) is 13. The van der Waals surface area contributed by atoms with Gasteiger partial charge in [0.1, 0.15) is 16.0 Å². The molecular formula is C76H165FN18O12S2. The zero-order chi connectivity index (χ0) is 79.0. The van der Waals surface area contributed by atoms with Crippen LogP contribution in [-0.4, -0.2) is 429 Å². The highest BCUT2D eigenvalue weighted by molar-refractivity contribution is 7.91. The fourth-order valence-corrected chi connectivity index (χ4v) is 14.0. The number of aliphatic hydroxyl groups excluding tert-OH is 1. The number of amides is 1. The number of methoxy groups -OCH3 is 2. The number of hydrogen-bond acceptors (Lipinski definition) is 29. The quantitative estimate of drug-likeness (QED) is 0.143. The Morgan fingerprint density at radius 3 is 1.24 bits per heavy atom. The van der Waals surface area contributed by atoms with Crippen molar-refractivity contribution >= 4 is 25.6 Å². The number of rotatable bonds is 7. The fourth-order valence-electron chi connectivity index (χ4n) is 12.3. The van der Waals surface area contributed by atoms with Crippen molar-refractivity contribution in [1.82, 2.24) is 93.6 Å². The van der Waals surface area contributed by atoms with Crippen molar-refractivity contribution in [3.8, 4) is 0 Å². The number of fused-ring (bicyclic) bond motifs is 1. The first kappa shape index (κ1) is 103. The molecule has 109 heavy (non-hydrogen) atoms. The molecule has 4 atom stereocenters. The minimum absolute atomic E-state index is 0.0648. The number of likely N-dealkylation sites (N-methyl/N-ethyl adjacent to an activating group) is 1. The van der Waals surface area contributed by atoms with Crippen LogP contribution in [0.25, 0.3) is 0 Å². The van der Waals surface area contributed by atoms with Crippen molar-refractivity contribution in [3.63, 3.8) is 0 Å². The van der Waals surface area contributed by atoms with E-state index in [0.29, 0.717) is 62.4 Å². The van der Waals surface area contributed by atoms with E-state index in [1.807, 2.05) is 4.90 Å². The molecule has 0 aromatic heterocycles. The number of β-amino-alcohol motifs (C(OH)–C–C–N with tert-alkyl or cyclic N) is 1. The maximum atomic E-state index is 11.9. The fraction of sp³-hybridized carbons (Fsp3) is 0.987. The van der Waals surface area contributed by atoms with E-state index in [0.717, 1.165) is 210 Å². The summed E-state index contributed by atoms with van der Waals surface area (Å²) in [6.45, 7) is 50.7. The zero-order valence-corrected chi connectivity index (χ0v) is 71.1. The number of halogens is 1. The van der Waals surface area contributed by atoms with Crippen molar-refractivity contribution in [1.29, 1.82) is 0 Å². The molecule has 0 spiro atoms.